The van der Waals surface area contributed by atoms with Crippen LogP contribution in [-0.2, 0) is 15.6 Å². The Balaban J connectivity index is 4.11. The first kappa shape index (κ1) is 16.9. The molecule has 0 fully saturated rings. The van der Waals surface area contributed by atoms with Crippen LogP contribution in [0.4, 0.5) is 4.79 Å². The summed E-state index contributed by atoms with van der Waals surface area (Å²) in [4.78, 5) is 22.4. The molecule has 0 aliphatic carbocycles. The fourth-order valence-electron chi connectivity index (χ4n) is 1.30. The van der Waals surface area contributed by atoms with Crippen LogP contribution in [0.2, 0.25) is 0 Å². The normalized spacial score (nSPS) is 15.5. The van der Waals surface area contributed by atoms with E-state index in [1.165, 1.54) is 0 Å². The zero-order chi connectivity index (χ0) is 14.1. The van der Waals surface area contributed by atoms with Gasteiger partial charge in [0.2, 0.25) is 0 Å². The summed E-state index contributed by atoms with van der Waals surface area (Å²) >= 11 is 0. The standard InChI is InChI=1S/C11H22N2O4S/c1-4-8(3)9(10(14)15)13-11(16)12-6-7-18(17)5-2/h8-9H,4-7H2,1-3H3,(H,14,15)(H2,12,13,16)/t8?,9-,18?/m0/s1. The first-order valence-corrected chi connectivity index (χ1v) is 7.53. The van der Waals surface area contributed by atoms with Crippen LogP contribution in [0.25, 0.3) is 0 Å². The number of nitrogens with one attached hydrogen (secondary N) is 2. The highest BCUT2D eigenvalue weighted by molar-refractivity contribution is 7.84. The maximum Gasteiger partial charge on any atom is 0.326 e. The van der Waals surface area contributed by atoms with Gasteiger partial charge in [0, 0.05) is 28.9 Å². The zero-order valence-corrected chi connectivity index (χ0v) is 11.9. The minimum atomic E-state index is -1.04. The molecule has 7 heteroatoms. The van der Waals surface area contributed by atoms with Gasteiger partial charge < -0.3 is 15.7 Å². The van der Waals surface area contributed by atoms with Crippen LogP contribution >= 0.6 is 0 Å². The lowest BCUT2D eigenvalue weighted by molar-refractivity contribution is -0.140. The highest BCUT2D eigenvalue weighted by Crippen LogP contribution is 2.07. The zero-order valence-electron chi connectivity index (χ0n) is 11.1. The summed E-state index contributed by atoms with van der Waals surface area (Å²) in [6.45, 7) is 5.72. The largest absolute Gasteiger partial charge is 0.480 e. The van der Waals surface area contributed by atoms with Crippen LogP contribution in [0, 0.1) is 5.92 Å². The lowest BCUT2D eigenvalue weighted by Crippen LogP contribution is -2.49. The molecule has 0 aliphatic heterocycles. The Bertz CT molecular complexity index is 309. The number of carbonyl (C=O) groups is 2. The summed E-state index contributed by atoms with van der Waals surface area (Å²) < 4.78 is 11.1. The molecule has 0 saturated heterocycles. The van der Waals surface area contributed by atoms with Crippen LogP contribution in [0.5, 0.6) is 0 Å². The Morgan fingerprint density at radius 2 is 1.94 bits per heavy atom. The molecule has 2 amide bonds. The molecule has 106 valence electrons. The van der Waals surface area contributed by atoms with E-state index in [0.29, 0.717) is 17.9 Å². The van der Waals surface area contributed by atoms with Crippen molar-refractivity contribution in [3.63, 3.8) is 0 Å². The third-order valence-electron chi connectivity index (χ3n) is 2.70. The Morgan fingerprint density at radius 3 is 2.39 bits per heavy atom. The topological polar surface area (TPSA) is 95.5 Å². The summed E-state index contributed by atoms with van der Waals surface area (Å²) in [5.74, 6) is -0.256. The summed E-state index contributed by atoms with van der Waals surface area (Å²) in [5.41, 5.74) is 0. The quantitative estimate of drug-likeness (QED) is 0.604. The smallest absolute Gasteiger partial charge is 0.326 e. The maximum atomic E-state index is 11.5. The average molecular weight is 278 g/mol. The molecule has 0 aromatic rings. The molecule has 3 atom stereocenters. The molecule has 0 aliphatic rings. The van der Waals surface area contributed by atoms with Crippen LogP contribution in [0.1, 0.15) is 27.2 Å². The number of hydrogen-bond donors (Lipinski definition) is 3. The summed E-state index contributed by atoms with van der Waals surface area (Å²) in [7, 11) is -0.934. The number of rotatable bonds is 8. The van der Waals surface area contributed by atoms with Crippen molar-refractivity contribution in [1.82, 2.24) is 10.6 Å². The molecule has 2 unspecified atom stereocenters. The predicted octanol–water partition coefficient (Wildman–Crippen LogP) is 0.554. The van der Waals surface area contributed by atoms with Gasteiger partial charge in [-0.1, -0.05) is 27.2 Å². The molecule has 0 saturated carbocycles. The SMILES string of the molecule is CCC(C)[C@H](NC(=O)NCCS(=O)CC)C(=O)O. The third-order valence-corrected chi connectivity index (χ3v) is 4.01. The number of carboxylic acids is 1. The highest BCUT2D eigenvalue weighted by atomic mass is 32.2. The average Bonchev–Trinajstić information content (AvgIpc) is 2.34. The van der Waals surface area contributed by atoms with E-state index in [1.54, 1.807) is 13.8 Å². The van der Waals surface area contributed by atoms with Crippen molar-refractivity contribution in [3.05, 3.63) is 0 Å². The van der Waals surface area contributed by atoms with Gasteiger partial charge in [0.1, 0.15) is 6.04 Å². The van der Waals surface area contributed by atoms with Crippen LogP contribution in [0.15, 0.2) is 0 Å². The fourth-order valence-corrected chi connectivity index (χ4v) is 1.92. The molecule has 0 rings (SSSR count). The van der Waals surface area contributed by atoms with E-state index in [4.69, 9.17) is 5.11 Å². The highest BCUT2D eigenvalue weighted by Gasteiger charge is 2.24. The van der Waals surface area contributed by atoms with Crippen molar-refractivity contribution in [1.29, 1.82) is 0 Å². The molecular formula is C11H22N2O4S. The van der Waals surface area contributed by atoms with E-state index in [9.17, 15) is 13.8 Å². The van der Waals surface area contributed by atoms with Crippen molar-refractivity contribution >= 4 is 22.8 Å². The van der Waals surface area contributed by atoms with Gasteiger partial charge >= 0.3 is 12.0 Å². The minimum Gasteiger partial charge on any atom is -0.480 e. The maximum absolute atomic E-state index is 11.5. The van der Waals surface area contributed by atoms with Crippen molar-refractivity contribution in [2.45, 2.75) is 33.2 Å². The van der Waals surface area contributed by atoms with Crippen molar-refractivity contribution < 1.29 is 18.9 Å². The second kappa shape index (κ2) is 8.91. The van der Waals surface area contributed by atoms with Crippen LogP contribution < -0.4 is 10.6 Å². The van der Waals surface area contributed by atoms with E-state index in [0.717, 1.165) is 0 Å². The molecule has 18 heavy (non-hydrogen) atoms. The van der Waals surface area contributed by atoms with Crippen molar-refractivity contribution in [3.8, 4) is 0 Å². The monoisotopic (exact) mass is 278 g/mol. The van der Waals surface area contributed by atoms with Gasteiger partial charge in [-0.3, -0.25) is 4.21 Å². The molecule has 0 heterocycles. The van der Waals surface area contributed by atoms with E-state index < -0.39 is 28.8 Å². The van der Waals surface area contributed by atoms with Crippen molar-refractivity contribution in [2.75, 3.05) is 18.1 Å². The van der Waals surface area contributed by atoms with E-state index in [2.05, 4.69) is 10.6 Å². The predicted molar refractivity (Wildman–Crippen MR) is 71.0 cm³/mol. The number of aliphatic carboxylic acids is 1. The second-order valence-corrected chi connectivity index (χ2v) is 5.90. The van der Waals surface area contributed by atoms with Gasteiger partial charge in [0.25, 0.3) is 0 Å². The summed E-state index contributed by atoms with van der Waals surface area (Å²) in [5, 5.41) is 13.9. The first-order valence-electron chi connectivity index (χ1n) is 6.04. The number of amides is 2. The Morgan fingerprint density at radius 1 is 1.33 bits per heavy atom. The molecule has 3 N–H and O–H groups in total. The molecule has 6 nitrogen and oxygen atoms in total. The van der Waals surface area contributed by atoms with Crippen LogP contribution in [0.3, 0.4) is 0 Å². The lowest BCUT2D eigenvalue weighted by atomic mass is 9.99. The number of carboxylic acid groups (broad SMARTS) is 1. The lowest BCUT2D eigenvalue weighted by Gasteiger charge is -2.20. The third kappa shape index (κ3) is 6.58. The van der Waals surface area contributed by atoms with Gasteiger partial charge in [0.15, 0.2) is 0 Å². The van der Waals surface area contributed by atoms with Crippen LogP contribution in [-0.4, -0.2) is 45.4 Å². The second-order valence-electron chi connectivity index (χ2n) is 4.03. The van der Waals surface area contributed by atoms with Gasteiger partial charge in [-0.2, -0.15) is 0 Å². The van der Waals surface area contributed by atoms with Gasteiger partial charge in [-0.15, -0.1) is 0 Å². The number of carbonyl (C=O) groups excluding carboxylic acids is 1. The fraction of sp³-hybridized carbons (Fsp3) is 0.818. The van der Waals surface area contributed by atoms with Gasteiger partial charge in [0.05, 0.1) is 0 Å². The molecule has 0 spiro atoms. The number of hydrogen-bond acceptors (Lipinski definition) is 3. The minimum absolute atomic E-state index is 0.141. The van der Waals surface area contributed by atoms with E-state index in [1.807, 2.05) is 6.92 Å². The van der Waals surface area contributed by atoms with E-state index >= 15 is 0 Å². The Labute approximate surface area is 110 Å². The summed E-state index contributed by atoms with van der Waals surface area (Å²) in [6.07, 6.45) is 0.664. The molecule has 0 aromatic carbocycles. The molecule has 0 radical (unpaired) electrons. The molecule has 0 aromatic heterocycles. The van der Waals surface area contributed by atoms with Crippen molar-refractivity contribution in [2.24, 2.45) is 5.92 Å². The van der Waals surface area contributed by atoms with E-state index in [-0.39, 0.29) is 12.5 Å². The molecule has 0 bridgehead atoms. The Hall–Kier alpha value is -1.11. The molecular weight excluding hydrogens is 256 g/mol. The van der Waals surface area contributed by atoms with Gasteiger partial charge in [-0.05, 0) is 5.92 Å². The first-order chi connectivity index (χ1) is 8.42. The summed E-state index contributed by atoms with van der Waals surface area (Å²) in [6, 6.07) is -1.43. The Kier molecular flexibility index (Phi) is 8.36. The number of urea groups is 1. The van der Waals surface area contributed by atoms with Gasteiger partial charge in [-0.25, -0.2) is 9.59 Å².